The molecule has 0 spiro atoms. The lowest BCUT2D eigenvalue weighted by molar-refractivity contribution is 0.280. The number of fused-ring (bicyclic) bond motifs is 1. The second kappa shape index (κ2) is 9.95. The Balaban J connectivity index is 1.54. The van der Waals surface area contributed by atoms with E-state index >= 15 is 0 Å². The van der Waals surface area contributed by atoms with Crippen molar-refractivity contribution >= 4 is 10.9 Å². The van der Waals surface area contributed by atoms with Gasteiger partial charge in [0.1, 0.15) is 12.4 Å². The fraction of sp³-hybridized carbons (Fsp3) is 0.440. The highest BCUT2D eigenvalue weighted by molar-refractivity contribution is 5.84. The van der Waals surface area contributed by atoms with Crippen LogP contribution in [0.5, 0.6) is 5.75 Å². The number of ether oxygens (including phenoxy) is 1. The summed E-state index contributed by atoms with van der Waals surface area (Å²) in [5, 5.41) is 14.0. The SMILES string of the molecule is Cc1cccc(C)c1OCCNC(C)Cc1cc(C)c2c(ccn2CCCO)c1. The third-order valence-corrected chi connectivity index (χ3v) is 5.46. The van der Waals surface area contributed by atoms with Gasteiger partial charge in [0, 0.05) is 37.3 Å². The predicted octanol–water partition coefficient (Wildman–Crippen LogP) is 4.55. The first kappa shape index (κ1) is 21.4. The number of aryl methyl sites for hydroxylation is 4. The highest BCUT2D eigenvalue weighted by Gasteiger charge is 2.09. The molecule has 0 amide bonds. The Labute approximate surface area is 174 Å². The number of aliphatic hydroxyl groups is 1. The first-order valence-electron chi connectivity index (χ1n) is 10.6. The van der Waals surface area contributed by atoms with Gasteiger partial charge >= 0.3 is 0 Å². The highest BCUT2D eigenvalue weighted by atomic mass is 16.5. The van der Waals surface area contributed by atoms with Crippen molar-refractivity contribution in [3.8, 4) is 5.75 Å². The predicted molar refractivity (Wildman–Crippen MR) is 121 cm³/mol. The zero-order chi connectivity index (χ0) is 20.8. The minimum absolute atomic E-state index is 0.229. The molecular weight excluding hydrogens is 360 g/mol. The van der Waals surface area contributed by atoms with Gasteiger partial charge in [0.15, 0.2) is 0 Å². The van der Waals surface area contributed by atoms with E-state index in [2.05, 4.69) is 80.2 Å². The molecule has 2 N–H and O–H groups in total. The molecular formula is C25H34N2O2. The fourth-order valence-corrected chi connectivity index (χ4v) is 4.10. The van der Waals surface area contributed by atoms with E-state index in [1.165, 1.54) is 33.2 Å². The van der Waals surface area contributed by atoms with Crippen LogP contribution in [0.2, 0.25) is 0 Å². The van der Waals surface area contributed by atoms with Gasteiger partial charge in [-0.05, 0) is 74.9 Å². The molecule has 0 aliphatic heterocycles. The number of nitrogens with one attached hydrogen (secondary N) is 1. The van der Waals surface area contributed by atoms with Crippen LogP contribution >= 0.6 is 0 Å². The number of nitrogens with zero attached hydrogens (tertiary/aromatic N) is 1. The van der Waals surface area contributed by atoms with Crippen LogP contribution in [0, 0.1) is 20.8 Å². The van der Waals surface area contributed by atoms with Crippen LogP contribution in [0.25, 0.3) is 10.9 Å². The number of para-hydroxylation sites is 1. The van der Waals surface area contributed by atoms with Gasteiger partial charge in [0.2, 0.25) is 0 Å². The van der Waals surface area contributed by atoms with E-state index in [4.69, 9.17) is 9.84 Å². The smallest absolute Gasteiger partial charge is 0.125 e. The van der Waals surface area contributed by atoms with Crippen molar-refractivity contribution in [2.45, 2.75) is 53.1 Å². The first-order chi connectivity index (χ1) is 14.0. The Morgan fingerprint density at radius 3 is 2.55 bits per heavy atom. The van der Waals surface area contributed by atoms with Crippen molar-refractivity contribution in [1.29, 1.82) is 0 Å². The normalized spacial score (nSPS) is 12.4. The largest absolute Gasteiger partial charge is 0.492 e. The van der Waals surface area contributed by atoms with Gasteiger partial charge in [-0.3, -0.25) is 0 Å². The Morgan fingerprint density at radius 2 is 1.83 bits per heavy atom. The Kier molecular flexibility index (Phi) is 7.34. The van der Waals surface area contributed by atoms with Crippen molar-refractivity contribution in [3.05, 3.63) is 64.8 Å². The first-order valence-corrected chi connectivity index (χ1v) is 10.6. The van der Waals surface area contributed by atoms with Gasteiger partial charge in [-0.2, -0.15) is 0 Å². The van der Waals surface area contributed by atoms with E-state index in [-0.39, 0.29) is 6.61 Å². The molecule has 0 fully saturated rings. The summed E-state index contributed by atoms with van der Waals surface area (Å²) in [5.74, 6) is 1.01. The van der Waals surface area contributed by atoms with Crippen LogP contribution in [-0.4, -0.2) is 35.5 Å². The fourth-order valence-electron chi connectivity index (χ4n) is 4.10. The zero-order valence-electron chi connectivity index (χ0n) is 18.2. The standard InChI is InChI=1S/C25H34N2O2/c1-18-7-5-8-19(2)25(18)29-14-10-26-21(4)16-22-15-20(3)24-23(17-22)9-12-27(24)11-6-13-28/h5,7-9,12,15,17,21,26,28H,6,10-11,13-14,16H2,1-4H3. The summed E-state index contributed by atoms with van der Waals surface area (Å²) in [5.41, 5.74) is 6.31. The van der Waals surface area contributed by atoms with Gasteiger partial charge in [-0.25, -0.2) is 0 Å². The van der Waals surface area contributed by atoms with Crippen LogP contribution in [0.15, 0.2) is 42.6 Å². The number of aromatic nitrogens is 1. The van der Waals surface area contributed by atoms with Gasteiger partial charge in [-0.15, -0.1) is 0 Å². The molecule has 3 rings (SSSR count). The molecule has 4 nitrogen and oxygen atoms in total. The summed E-state index contributed by atoms with van der Waals surface area (Å²) >= 11 is 0. The minimum atomic E-state index is 0.229. The van der Waals surface area contributed by atoms with Crippen LogP contribution in [0.3, 0.4) is 0 Å². The summed E-state index contributed by atoms with van der Waals surface area (Å²) in [6.45, 7) is 11.2. The molecule has 0 aliphatic carbocycles. The van der Waals surface area contributed by atoms with E-state index < -0.39 is 0 Å². The summed E-state index contributed by atoms with van der Waals surface area (Å²) < 4.78 is 8.24. The van der Waals surface area contributed by atoms with Gasteiger partial charge in [0.05, 0.1) is 5.52 Å². The molecule has 1 unspecified atom stereocenters. The van der Waals surface area contributed by atoms with Crippen molar-refractivity contribution in [2.75, 3.05) is 19.8 Å². The van der Waals surface area contributed by atoms with Crippen molar-refractivity contribution in [3.63, 3.8) is 0 Å². The van der Waals surface area contributed by atoms with Crippen molar-refractivity contribution in [2.24, 2.45) is 0 Å². The second-order valence-corrected chi connectivity index (χ2v) is 8.07. The number of benzene rings is 2. The third-order valence-electron chi connectivity index (χ3n) is 5.46. The van der Waals surface area contributed by atoms with Gasteiger partial charge in [-0.1, -0.05) is 24.3 Å². The Morgan fingerprint density at radius 1 is 1.07 bits per heavy atom. The third kappa shape index (κ3) is 5.40. The van der Waals surface area contributed by atoms with E-state index in [1.807, 2.05) is 0 Å². The second-order valence-electron chi connectivity index (χ2n) is 8.07. The summed E-state index contributed by atoms with van der Waals surface area (Å²) in [6.07, 6.45) is 3.90. The molecule has 0 saturated heterocycles. The monoisotopic (exact) mass is 394 g/mol. The molecule has 3 aromatic rings. The molecule has 29 heavy (non-hydrogen) atoms. The number of hydrogen-bond acceptors (Lipinski definition) is 3. The molecule has 1 heterocycles. The highest BCUT2D eigenvalue weighted by Crippen LogP contribution is 2.24. The average Bonchev–Trinajstić information content (AvgIpc) is 3.08. The van der Waals surface area contributed by atoms with Crippen molar-refractivity contribution in [1.82, 2.24) is 9.88 Å². The molecule has 2 aromatic carbocycles. The number of rotatable bonds is 10. The number of hydrogen-bond donors (Lipinski definition) is 2. The van der Waals surface area contributed by atoms with E-state index in [0.29, 0.717) is 12.6 Å². The van der Waals surface area contributed by atoms with Crippen molar-refractivity contribution < 1.29 is 9.84 Å². The molecule has 1 atom stereocenters. The van der Waals surface area contributed by atoms with E-state index in [1.54, 1.807) is 0 Å². The van der Waals surface area contributed by atoms with Crippen LogP contribution in [-0.2, 0) is 13.0 Å². The lowest BCUT2D eigenvalue weighted by atomic mass is 10.0. The van der Waals surface area contributed by atoms with Gasteiger partial charge in [0.25, 0.3) is 0 Å². The molecule has 0 bridgehead atoms. The van der Waals surface area contributed by atoms with Crippen LogP contribution in [0.1, 0.15) is 35.6 Å². The molecule has 4 heteroatoms. The average molecular weight is 395 g/mol. The molecule has 0 aliphatic rings. The maximum atomic E-state index is 9.10. The Hall–Kier alpha value is -2.30. The van der Waals surface area contributed by atoms with Crippen LogP contribution in [0.4, 0.5) is 0 Å². The Bertz CT molecular complexity index is 925. The lowest BCUT2D eigenvalue weighted by Gasteiger charge is -2.17. The number of aliphatic hydroxyl groups excluding tert-OH is 1. The van der Waals surface area contributed by atoms with Crippen LogP contribution < -0.4 is 10.1 Å². The summed E-state index contributed by atoms with van der Waals surface area (Å²) in [7, 11) is 0. The van der Waals surface area contributed by atoms with Gasteiger partial charge < -0.3 is 19.7 Å². The summed E-state index contributed by atoms with van der Waals surface area (Å²) in [4.78, 5) is 0. The topological polar surface area (TPSA) is 46.4 Å². The molecule has 1 aromatic heterocycles. The molecule has 0 radical (unpaired) electrons. The van der Waals surface area contributed by atoms with E-state index in [0.717, 1.165) is 31.7 Å². The zero-order valence-corrected chi connectivity index (χ0v) is 18.2. The minimum Gasteiger partial charge on any atom is -0.492 e. The van der Waals surface area contributed by atoms with E-state index in [9.17, 15) is 0 Å². The summed E-state index contributed by atoms with van der Waals surface area (Å²) in [6, 6.07) is 13.4. The molecule has 156 valence electrons. The quantitative estimate of drug-likeness (QED) is 0.496. The maximum Gasteiger partial charge on any atom is 0.125 e. The maximum absolute atomic E-state index is 9.10. The molecule has 0 saturated carbocycles. The lowest BCUT2D eigenvalue weighted by Crippen LogP contribution is -2.32.